The molecule has 1 heterocycles. The average molecular weight is 171 g/mol. The lowest BCUT2D eigenvalue weighted by molar-refractivity contribution is 1.05. The molecule has 0 amide bonds. The van der Waals surface area contributed by atoms with Crippen molar-refractivity contribution in [3.8, 4) is 0 Å². The van der Waals surface area contributed by atoms with E-state index in [0.29, 0.717) is 11.5 Å². The first-order chi connectivity index (χ1) is 6.45. The Kier molecular flexibility index (Phi) is 2.14. The molecule has 2 aromatic rings. The van der Waals surface area contributed by atoms with Gasteiger partial charge in [0.2, 0.25) is 0 Å². The molecule has 0 aliphatic heterocycles. The molecule has 0 aliphatic carbocycles. The molecule has 0 saturated heterocycles. The van der Waals surface area contributed by atoms with Gasteiger partial charge in [0, 0.05) is 18.3 Å². The van der Waals surface area contributed by atoms with Gasteiger partial charge < -0.3 is 0 Å². The Labute approximate surface area is 75.3 Å². The highest BCUT2D eigenvalue weighted by Crippen LogP contribution is 2.13. The fraction of sp³-hybridized carbons (Fsp3) is 0. The largest absolute Gasteiger partial charge is 0.283 e. The summed E-state index contributed by atoms with van der Waals surface area (Å²) in [5.41, 5.74) is 0.700. The number of nitrogens with zero attached hydrogens (tertiary/aromatic N) is 3. The highest BCUT2D eigenvalue weighted by molar-refractivity contribution is 5.34. The second-order valence-electron chi connectivity index (χ2n) is 2.38. The molecule has 0 saturated carbocycles. The summed E-state index contributed by atoms with van der Waals surface area (Å²) in [5.74, 6) is 0.567. The fourth-order valence-corrected chi connectivity index (χ4v) is 0.859. The Hall–Kier alpha value is -1.97. The van der Waals surface area contributed by atoms with Gasteiger partial charge in [-0.05, 0) is 6.07 Å². The Morgan fingerprint density at radius 2 is 2.23 bits per heavy atom. The third kappa shape index (κ3) is 1.99. The molecule has 0 atom stereocenters. The Morgan fingerprint density at radius 1 is 1.23 bits per heavy atom. The van der Waals surface area contributed by atoms with Gasteiger partial charge in [0.15, 0.2) is 5.82 Å². The molecule has 1 aromatic heterocycles. The van der Waals surface area contributed by atoms with Crippen LogP contribution in [0.5, 0.6) is 0 Å². The van der Waals surface area contributed by atoms with Gasteiger partial charge in [-0.1, -0.05) is 18.2 Å². The minimum absolute atomic E-state index is 0.567. The van der Waals surface area contributed by atoms with Crippen LogP contribution >= 0.6 is 0 Å². The first-order valence-corrected chi connectivity index (χ1v) is 3.83. The molecule has 1 radical (unpaired) electrons. The number of aromatic amines is 1. The summed E-state index contributed by atoms with van der Waals surface area (Å²) in [6.45, 7) is 0. The molecular formula is C9H7N4. The van der Waals surface area contributed by atoms with Gasteiger partial charge in [0.1, 0.15) is 0 Å². The monoisotopic (exact) mass is 171 g/mol. The van der Waals surface area contributed by atoms with Gasteiger partial charge in [-0.25, -0.2) is 0 Å². The highest BCUT2D eigenvalue weighted by atomic mass is 15.2. The smallest absolute Gasteiger partial charge is 0.195 e. The summed E-state index contributed by atoms with van der Waals surface area (Å²) in [7, 11) is 0. The minimum atomic E-state index is 0.567. The van der Waals surface area contributed by atoms with E-state index in [4.69, 9.17) is 0 Å². The predicted molar refractivity (Wildman–Crippen MR) is 48.0 cm³/mol. The topological polar surface area (TPSA) is 53.4 Å². The third-order valence-corrected chi connectivity index (χ3v) is 1.44. The molecule has 1 N–H and O–H groups in total. The summed E-state index contributed by atoms with van der Waals surface area (Å²) in [5, 5.41) is 14.3. The van der Waals surface area contributed by atoms with Crippen molar-refractivity contribution in [3.05, 3.63) is 42.6 Å². The van der Waals surface area contributed by atoms with E-state index in [2.05, 4.69) is 26.5 Å². The molecule has 1 aromatic carbocycles. The molecule has 4 nitrogen and oxygen atoms in total. The van der Waals surface area contributed by atoms with E-state index in [-0.39, 0.29) is 0 Å². The van der Waals surface area contributed by atoms with Crippen LogP contribution in [-0.4, -0.2) is 10.2 Å². The van der Waals surface area contributed by atoms with Crippen molar-refractivity contribution in [1.82, 2.24) is 10.2 Å². The standard InChI is InChI=1S/C9H7N4/c1-2-4-8(5-3-1)11-13-9-6-7-10-12-9/h1-4,6-7H,(H,10,12). The highest BCUT2D eigenvalue weighted by Gasteiger charge is 1.89. The summed E-state index contributed by atoms with van der Waals surface area (Å²) >= 11 is 0. The summed E-state index contributed by atoms with van der Waals surface area (Å²) in [4.78, 5) is 0. The Bertz CT molecular complexity index is 377. The molecule has 63 valence electrons. The predicted octanol–water partition coefficient (Wildman–Crippen LogP) is 2.63. The van der Waals surface area contributed by atoms with Crippen LogP contribution in [0.15, 0.2) is 46.8 Å². The first kappa shape index (κ1) is 7.67. The summed E-state index contributed by atoms with van der Waals surface area (Å²) < 4.78 is 0. The van der Waals surface area contributed by atoms with Crippen LogP contribution in [0, 0.1) is 6.07 Å². The summed E-state index contributed by atoms with van der Waals surface area (Å²) in [6, 6.07) is 12.1. The van der Waals surface area contributed by atoms with Gasteiger partial charge in [-0.3, -0.25) is 5.10 Å². The quantitative estimate of drug-likeness (QED) is 0.694. The van der Waals surface area contributed by atoms with E-state index in [1.165, 1.54) is 0 Å². The molecule has 2 rings (SSSR count). The number of nitrogens with one attached hydrogen (secondary N) is 1. The number of hydrogen-bond donors (Lipinski definition) is 1. The zero-order chi connectivity index (χ0) is 8.93. The van der Waals surface area contributed by atoms with Gasteiger partial charge in [-0.2, -0.15) is 5.10 Å². The van der Waals surface area contributed by atoms with Crippen molar-refractivity contribution in [3.63, 3.8) is 0 Å². The van der Waals surface area contributed by atoms with Crippen molar-refractivity contribution >= 4 is 11.5 Å². The van der Waals surface area contributed by atoms with E-state index in [1.807, 2.05) is 18.2 Å². The maximum Gasteiger partial charge on any atom is 0.195 e. The van der Waals surface area contributed by atoms with Crippen LogP contribution in [0.4, 0.5) is 11.5 Å². The Morgan fingerprint density at radius 3 is 2.92 bits per heavy atom. The van der Waals surface area contributed by atoms with Crippen LogP contribution in [0.2, 0.25) is 0 Å². The number of H-pyrrole nitrogens is 1. The molecule has 0 fully saturated rings. The van der Waals surface area contributed by atoms with Crippen molar-refractivity contribution in [1.29, 1.82) is 0 Å². The molecule has 13 heavy (non-hydrogen) atoms. The minimum Gasteiger partial charge on any atom is -0.283 e. The molecule has 0 unspecified atom stereocenters. The number of azo groups is 1. The van der Waals surface area contributed by atoms with E-state index in [9.17, 15) is 0 Å². The number of benzene rings is 1. The van der Waals surface area contributed by atoms with Crippen LogP contribution in [-0.2, 0) is 0 Å². The third-order valence-electron chi connectivity index (χ3n) is 1.44. The average Bonchev–Trinajstić information content (AvgIpc) is 2.69. The number of aromatic nitrogens is 2. The molecule has 0 spiro atoms. The van der Waals surface area contributed by atoms with Crippen molar-refractivity contribution in [2.45, 2.75) is 0 Å². The second kappa shape index (κ2) is 3.62. The summed E-state index contributed by atoms with van der Waals surface area (Å²) in [6.07, 6.45) is 1.70. The molecule has 4 heteroatoms. The van der Waals surface area contributed by atoms with E-state index in [0.717, 1.165) is 0 Å². The van der Waals surface area contributed by atoms with Gasteiger partial charge in [0.05, 0.1) is 5.69 Å². The van der Waals surface area contributed by atoms with Crippen LogP contribution < -0.4 is 0 Å². The second-order valence-corrected chi connectivity index (χ2v) is 2.38. The van der Waals surface area contributed by atoms with E-state index < -0.39 is 0 Å². The maximum atomic E-state index is 3.94. The van der Waals surface area contributed by atoms with Crippen LogP contribution in [0.3, 0.4) is 0 Å². The van der Waals surface area contributed by atoms with Gasteiger partial charge in [-0.15, -0.1) is 10.2 Å². The molecular weight excluding hydrogens is 164 g/mol. The normalized spacial score (nSPS) is 10.8. The van der Waals surface area contributed by atoms with Gasteiger partial charge in [0.25, 0.3) is 0 Å². The number of hydrogen-bond acceptors (Lipinski definition) is 3. The lowest BCUT2D eigenvalue weighted by Gasteiger charge is -1.86. The molecule has 0 aliphatic rings. The van der Waals surface area contributed by atoms with Gasteiger partial charge >= 0.3 is 0 Å². The Balaban J connectivity index is 2.15. The van der Waals surface area contributed by atoms with Crippen molar-refractivity contribution in [2.24, 2.45) is 10.2 Å². The zero-order valence-electron chi connectivity index (χ0n) is 6.81. The molecule has 0 bridgehead atoms. The number of rotatable bonds is 2. The maximum absolute atomic E-state index is 3.94. The first-order valence-electron chi connectivity index (χ1n) is 3.83. The lowest BCUT2D eigenvalue weighted by Crippen LogP contribution is -1.64. The van der Waals surface area contributed by atoms with Crippen LogP contribution in [0.1, 0.15) is 0 Å². The zero-order valence-corrected chi connectivity index (χ0v) is 6.81. The van der Waals surface area contributed by atoms with Crippen molar-refractivity contribution in [2.75, 3.05) is 0 Å². The van der Waals surface area contributed by atoms with E-state index in [1.54, 1.807) is 18.3 Å². The lowest BCUT2D eigenvalue weighted by atomic mass is 10.3. The fourth-order valence-electron chi connectivity index (χ4n) is 0.859. The van der Waals surface area contributed by atoms with E-state index >= 15 is 0 Å². The van der Waals surface area contributed by atoms with Crippen LogP contribution in [0.25, 0.3) is 0 Å². The van der Waals surface area contributed by atoms with Crippen molar-refractivity contribution < 1.29 is 0 Å². The SMILES string of the molecule is [c]1ccccc1N=Nc1cc[nH]n1.